The van der Waals surface area contributed by atoms with E-state index < -0.39 is 8.07 Å². The van der Waals surface area contributed by atoms with Gasteiger partial charge in [0.15, 0.2) is 0 Å². The number of rotatable bonds is 6. The standard InChI is InChI=1S/C12H23NS2Si/c1-10(2)12-13-11(9-15-12)8-14-6-7-16(3,4)5/h9-10H,6-8H2,1-5H3. The molecule has 0 bridgehead atoms. The summed E-state index contributed by atoms with van der Waals surface area (Å²) in [4.78, 5) is 4.65. The third-order valence-electron chi connectivity index (χ3n) is 2.31. The molecule has 0 aliphatic heterocycles. The van der Waals surface area contributed by atoms with Gasteiger partial charge in [-0.15, -0.1) is 11.3 Å². The number of hydrogen-bond acceptors (Lipinski definition) is 3. The Balaban J connectivity index is 2.27. The molecule has 0 aromatic carbocycles. The smallest absolute Gasteiger partial charge is 0.0954 e. The Morgan fingerprint density at radius 1 is 1.38 bits per heavy atom. The molecule has 0 unspecified atom stereocenters. The van der Waals surface area contributed by atoms with Crippen LogP contribution >= 0.6 is 23.1 Å². The third kappa shape index (κ3) is 5.50. The summed E-state index contributed by atoms with van der Waals surface area (Å²) in [5.41, 5.74) is 1.27. The van der Waals surface area contributed by atoms with Crippen molar-refractivity contribution in [2.45, 2.75) is 51.2 Å². The summed E-state index contributed by atoms with van der Waals surface area (Å²) in [6.45, 7) is 11.7. The summed E-state index contributed by atoms with van der Waals surface area (Å²) in [6.07, 6.45) is 0. The van der Waals surface area contributed by atoms with Gasteiger partial charge in [0.05, 0.1) is 10.7 Å². The van der Waals surface area contributed by atoms with Crippen molar-refractivity contribution in [3.63, 3.8) is 0 Å². The van der Waals surface area contributed by atoms with Crippen LogP contribution in [0, 0.1) is 0 Å². The van der Waals surface area contributed by atoms with Crippen molar-refractivity contribution < 1.29 is 0 Å². The number of hydrogen-bond donors (Lipinski definition) is 0. The molecule has 1 heterocycles. The lowest BCUT2D eigenvalue weighted by molar-refractivity contribution is 0.846. The molecule has 0 aliphatic carbocycles. The van der Waals surface area contributed by atoms with Crippen LogP contribution in [0.1, 0.15) is 30.5 Å². The van der Waals surface area contributed by atoms with E-state index in [9.17, 15) is 0 Å². The van der Waals surface area contributed by atoms with Crippen LogP contribution in [0.5, 0.6) is 0 Å². The van der Waals surface area contributed by atoms with Crippen LogP contribution in [0.4, 0.5) is 0 Å². The monoisotopic (exact) mass is 273 g/mol. The van der Waals surface area contributed by atoms with Crippen LogP contribution in [0.2, 0.25) is 25.7 Å². The molecule has 1 nitrogen and oxygen atoms in total. The van der Waals surface area contributed by atoms with Crippen molar-refractivity contribution in [2.24, 2.45) is 0 Å². The van der Waals surface area contributed by atoms with Gasteiger partial charge in [-0.3, -0.25) is 0 Å². The Hall–Kier alpha value is 0.197. The molecule has 4 heteroatoms. The molecule has 0 saturated heterocycles. The molecule has 16 heavy (non-hydrogen) atoms. The lowest BCUT2D eigenvalue weighted by atomic mass is 10.2. The second-order valence-corrected chi connectivity index (χ2v) is 13.3. The van der Waals surface area contributed by atoms with E-state index in [0.29, 0.717) is 5.92 Å². The van der Waals surface area contributed by atoms with Crippen LogP contribution in [-0.4, -0.2) is 18.8 Å². The first kappa shape index (κ1) is 14.3. The highest BCUT2D eigenvalue weighted by Gasteiger charge is 2.12. The van der Waals surface area contributed by atoms with Crippen molar-refractivity contribution in [1.82, 2.24) is 4.98 Å². The summed E-state index contributed by atoms with van der Waals surface area (Å²) in [7, 11) is -0.847. The van der Waals surface area contributed by atoms with E-state index in [1.807, 2.05) is 11.8 Å². The Labute approximate surface area is 109 Å². The minimum Gasteiger partial charge on any atom is -0.245 e. The first-order valence-electron chi connectivity index (χ1n) is 5.90. The predicted octanol–water partition coefficient (Wildman–Crippen LogP) is 4.84. The molecule has 0 saturated carbocycles. The average molecular weight is 274 g/mol. The van der Waals surface area contributed by atoms with Gasteiger partial charge in [0.25, 0.3) is 0 Å². The van der Waals surface area contributed by atoms with Gasteiger partial charge in [0, 0.05) is 25.1 Å². The molecule has 1 rings (SSSR count). The number of thiazole rings is 1. The zero-order chi connectivity index (χ0) is 12.2. The molecular formula is C12H23NS2Si. The predicted molar refractivity (Wildman–Crippen MR) is 80.5 cm³/mol. The number of nitrogens with zero attached hydrogens (tertiary/aromatic N) is 1. The fourth-order valence-electron chi connectivity index (χ4n) is 1.21. The highest BCUT2D eigenvalue weighted by atomic mass is 32.2. The first-order chi connectivity index (χ1) is 7.38. The molecule has 0 aliphatic rings. The topological polar surface area (TPSA) is 12.9 Å². The van der Waals surface area contributed by atoms with Crippen LogP contribution in [0.15, 0.2) is 5.38 Å². The van der Waals surface area contributed by atoms with Gasteiger partial charge < -0.3 is 0 Å². The summed E-state index contributed by atoms with van der Waals surface area (Å²) >= 11 is 3.84. The molecule has 0 atom stereocenters. The molecular weight excluding hydrogens is 250 g/mol. The van der Waals surface area contributed by atoms with E-state index >= 15 is 0 Å². The van der Waals surface area contributed by atoms with Gasteiger partial charge in [-0.05, 0) is 11.8 Å². The van der Waals surface area contributed by atoms with E-state index in [2.05, 4.69) is 43.9 Å². The summed E-state index contributed by atoms with van der Waals surface area (Å²) < 4.78 is 0. The van der Waals surface area contributed by atoms with E-state index in [-0.39, 0.29) is 0 Å². The molecule has 0 N–H and O–H groups in total. The maximum absolute atomic E-state index is 4.65. The fraction of sp³-hybridized carbons (Fsp3) is 0.750. The summed E-state index contributed by atoms with van der Waals surface area (Å²) in [5, 5.41) is 3.50. The van der Waals surface area contributed by atoms with E-state index in [4.69, 9.17) is 0 Å². The van der Waals surface area contributed by atoms with Gasteiger partial charge in [0.1, 0.15) is 0 Å². The Morgan fingerprint density at radius 3 is 2.56 bits per heavy atom. The van der Waals surface area contributed by atoms with Crippen molar-refractivity contribution >= 4 is 31.2 Å². The third-order valence-corrected chi connectivity index (χ3v) is 6.61. The minimum absolute atomic E-state index is 0.575. The van der Waals surface area contributed by atoms with Crippen LogP contribution < -0.4 is 0 Å². The lowest BCUT2D eigenvalue weighted by Crippen LogP contribution is -2.19. The zero-order valence-corrected chi connectivity index (χ0v) is 13.7. The van der Waals surface area contributed by atoms with Gasteiger partial charge in [0.2, 0.25) is 0 Å². The molecule has 0 amide bonds. The van der Waals surface area contributed by atoms with Crippen LogP contribution in [0.3, 0.4) is 0 Å². The maximum atomic E-state index is 4.65. The van der Waals surface area contributed by atoms with Crippen molar-refractivity contribution in [1.29, 1.82) is 0 Å². The largest absolute Gasteiger partial charge is 0.245 e. The molecule has 92 valence electrons. The molecule has 0 spiro atoms. The SMILES string of the molecule is CC(C)c1nc(CSCC[Si](C)(C)C)cs1. The van der Waals surface area contributed by atoms with Crippen molar-refractivity contribution in [3.05, 3.63) is 16.1 Å². The Kier molecular flexibility index (Phi) is 5.54. The van der Waals surface area contributed by atoms with E-state index in [0.717, 1.165) is 5.75 Å². The summed E-state index contributed by atoms with van der Waals surface area (Å²) in [6, 6.07) is 1.42. The van der Waals surface area contributed by atoms with Crippen molar-refractivity contribution in [2.75, 3.05) is 5.75 Å². The van der Waals surface area contributed by atoms with Gasteiger partial charge in [-0.25, -0.2) is 4.98 Å². The van der Waals surface area contributed by atoms with E-state index in [1.54, 1.807) is 11.3 Å². The molecule has 1 aromatic rings. The highest BCUT2D eigenvalue weighted by Crippen LogP contribution is 2.23. The van der Waals surface area contributed by atoms with Gasteiger partial charge in [-0.1, -0.05) is 33.5 Å². The molecule has 1 aromatic heterocycles. The first-order valence-corrected chi connectivity index (χ1v) is 11.6. The second-order valence-electron chi connectivity index (χ2n) is 5.70. The summed E-state index contributed by atoms with van der Waals surface area (Å²) in [5.74, 6) is 2.96. The second kappa shape index (κ2) is 6.22. The quantitative estimate of drug-likeness (QED) is 0.543. The Morgan fingerprint density at radius 2 is 2.06 bits per heavy atom. The number of thioether (sulfide) groups is 1. The number of aromatic nitrogens is 1. The normalized spacial score (nSPS) is 12.4. The Bertz CT molecular complexity index is 315. The average Bonchev–Trinajstić information content (AvgIpc) is 2.59. The van der Waals surface area contributed by atoms with Crippen molar-refractivity contribution in [3.8, 4) is 0 Å². The van der Waals surface area contributed by atoms with Crippen LogP contribution in [0.25, 0.3) is 0 Å². The fourth-order valence-corrected chi connectivity index (χ4v) is 5.68. The molecule has 0 radical (unpaired) electrons. The van der Waals surface area contributed by atoms with Gasteiger partial charge in [-0.2, -0.15) is 11.8 Å². The maximum Gasteiger partial charge on any atom is 0.0954 e. The molecule has 0 fully saturated rings. The lowest BCUT2D eigenvalue weighted by Gasteiger charge is -2.14. The minimum atomic E-state index is -0.847. The van der Waals surface area contributed by atoms with E-state index in [1.165, 1.54) is 22.5 Å². The van der Waals surface area contributed by atoms with Crippen LogP contribution in [-0.2, 0) is 5.75 Å². The zero-order valence-electron chi connectivity index (χ0n) is 11.0. The van der Waals surface area contributed by atoms with Gasteiger partial charge >= 0.3 is 0 Å². The highest BCUT2D eigenvalue weighted by molar-refractivity contribution is 7.98.